The van der Waals surface area contributed by atoms with Crippen molar-refractivity contribution in [3.05, 3.63) is 24.3 Å². The number of para-hydroxylation sites is 2. The summed E-state index contributed by atoms with van der Waals surface area (Å²) in [7, 11) is 1.57. The molecule has 1 amide bonds. The van der Waals surface area contributed by atoms with Crippen LogP contribution in [0.3, 0.4) is 0 Å². The molecule has 0 aliphatic carbocycles. The predicted molar refractivity (Wildman–Crippen MR) is 82.9 cm³/mol. The van der Waals surface area contributed by atoms with Crippen LogP contribution >= 0.6 is 0 Å². The molecule has 116 valence electrons. The fraction of sp³-hybridized carbons (Fsp3) is 0.562. The summed E-state index contributed by atoms with van der Waals surface area (Å²) in [5.41, 5.74) is 1.10. The summed E-state index contributed by atoms with van der Waals surface area (Å²) >= 11 is 0. The van der Waals surface area contributed by atoms with E-state index in [1.807, 2.05) is 30.0 Å². The Hall–Kier alpha value is -1.75. The van der Waals surface area contributed by atoms with E-state index in [4.69, 9.17) is 9.47 Å². The van der Waals surface area contributed by atoms with Crippen LogP contribution in [0.15, 0.2) is 24.3 Å². The molecular weight excluding hydrogens is 268 g/mol. The second-order valence-corrected chi connectivity index (χ2v) is 5.09. The summed E-state index contributed by atoms with van der Waals surface area (Å²) < 4.78 is 10.8. The molecule has 21 heavy (non-hydrogen) atoms. The number of hydrogen-bond acceptors (Lipinski definition) is 4. The van der Waals surface area contributed by atoms with E-state index >= 15 is 0 Å². The molecule has 0 radical (unpaired) electrons. The number of piperazine rings is 1. The summed E-state index contributed by atoms with van der Waals surface area (Å²) in [6.45, 7) is 7.48. The monoisotopic (exact) mass is 292 g/mol. The molecule has 1 heterocycles. The molecule has 1 fully saturated rings. The SMILES string of the molecule is CCOc1ccccc1N1CCN(C(=O)C(C)OC)CC1. The van der Waals surface area contributed by atoms with Gasteiger partial charge in [0.2, 0.25) is 0 Å². The first-order valence-corrected chi connectivity index (χ1v) is 7.45. The second kappa shape index (κ2) is 7.31. The van der Waals surface area contributed by atoms with E-state index in [0.29, 0.717) is 19.7 Å². The van der Waals surface area contributed by atoms with E-state index < -0.39 is 0 Å². The highest BCUT2D eigenvalue weighted by atomic mass is 16.5. The molecule has 1 saturated heterocycles. The van der Waals surface area contributed by atoms with Crippen molar-refractivity contribution < 1.29 is 14.3 Å². The molecule has 1 atom stereocenters. The van der Waals surface area contributed by atoms with Crippen LogP contribution in [0.5, 0.6) is 5.75 Å². The molecule has 1 aromatic rings. The third-order valence-corrected chi connectivity index (χ3v) is 3.80. The van der Waals surface area contributed by atoms with E-state index in [9.17, 15) is 4.79 Å². The van der Waals surface area contributed by atoms with E-state index in [0.717, 1.165) is 24.5 Å². The Balaban J connectivity index is 1.99. The van der Waals surface area contributed by atoms with E-state index in [-0.39, 0.29) is 12.0 Å². The first kappa shape index (κ1) is 15.6. The second-order valence-electron chi connectivity index (χ2n) is 5.09. The zero-order valence-corrected chi connectivity index (χ0v) is 13.0. The number of ether oxygens (including phenoxy) is 2. The summed E-state index contributed by atoms with van der Waals surface area (Å²) in [5, 5.41) is 0. The number of carbonyl (C=O) groups is 1. The van der Waals surface area contributed by atoms with Crippen LogP contribution in [-0.2, 0) is 9.53 Å². The largest absolute Gasteiger partial charge is 0.492 e. The van der Waals surface area contributed by atoms with Gasteiger partial charge in [0.05, 0.1) is 12.3 Å². The average molecular weight is 292 g/mol. The molecule has 0 aromatic heterocycles. The normalized spacial score (nSPS) is 16.7. The maximum atomic E-state index is 12.1. The van der Waals surface area contributed by atoms with Gasteiger partial charge >= 0.3 is 0 Å². The van der Waals surface area contributed by atoms with Gasteiger partial charge in [-0.2, -0.15) is 0 Å². The Morgan fingerprint density at radius 2 is 1.90 bits per heavy atom. The Bertz CT molecular complexity index is 470. The van der Waals surface area contributed by atoms with Crippen molar-refractivity contribution in [3.63, 3.8) is 0 Å². The third-order valence-electron chi connectivity index (χ3n) is 3.80. The number of nitrogens with zero attached hydrogens (tertiary/aromatic N) is 2. The number of anilines is 1. The summed E-state index contributed by atoms with van der Waals surface area (Å²) in [5.74, 6) is 0.972. The van der Waals surface area contributed by atoms with Gasteiger partial charge in [0, 0.05) is 33.3 Å². The van der Waals surface area contributed by atoms with Gasteiger partial charge in [-0.3, -0.25) is 4.79 Å². The lowest BCUT2D eigenvalue weighted by Gasteiger charge is -2.37. The van der Waals surface area contributed by atoms with E-state index in [1.165, 1.54) is 0 Å². The minimum atomic E-state index is -0.368. The summed E-state index contributed by atoms with van der Waals surface area (Å²) in [6, 6.07) is 8.06. The molecule has 0 spiro atoms. The number of methoxy groups -OCH3 is 1. The van der Waals surface area contributed by atoms with Crippen LogP contribution in [-0.4, -0.2) is 56.8 Å². The lowest BCUT2D eigenvalue weighted by Crippen LogP contribution is -2.51. The van der Waals surface area contributed by atoms with Gasteiger partial charge in [-0.15, -0.1) is 0 Å². The van der Waals surface area contributed by atoms with Gasteiger partial charge in [0.25, 0.3) is 5.91 Å². The van der Waals surface area contributed by atoms with Gasteiger partial charge in [-0.05, 0) is 26.0 Å². The quantitative estimate of drug-likeness (QED) is 0.829. The molecule has 0 N–H and O–H groups in total. The van der Waals surface area contributed by atoms with Gasteiger partial charge in [-0.25, -0.2) is 0 Å². The minimum Gasteiger partial charge on any atom is -0.492 e. The zero-order valence-electron chi connectivity index (χ0n) is 13.0. The Kier molecular flexibility index (Phi) is 5.44. The summed E-state index contributed by atoms with van der Waals surface area (Å²) in [6.07, 6.45) is -0.368. The summed E-state index contributed by atoms with van der Waals surface area (Å²) in [4.78, 5) is 16.2. The Morgan fingerprint density at radius 3 is 2.52 bits per heavy atom. The highest BCUT2D eigenvalue weighted by Gasteiger charge is 2.25. The smallest absolute Gasteiger partial charge is 0.251 e. The van der Waals surface area contributed by atoms with Crippen molar-refractivity contribution in [1.29, 1.82) is 0 Å². The molecule has 0 saturated carbocycles. The van der Waals surface area contributed by atoms with Crippen molar-refractivity contribution in [3.8, 4) is 5.75 Å². The molecule has 5 nitrogen and oxygen atoms in total. The molecule has 1 aliphatic heterocycles. The number of amides is 1. The fourth-order valence-corrected chi connectivity index (χ4v) is 2.52. The maximum Gasteiger partial charge on any atom is 0.251 e. The number of hydrogen-bond donors (Lipinski definition) is 0. The Morgan fingerprint density at radius 1 is 1.24 bits per heavy atom. The van der Waals surface area contributed by atoms with E-state index in [1.54, 1.807) is 14.0 Å². The number of rotatable bonds is 5. The van der Waals surface area contributed by atoms with Gasteiger partial charge in [0.1, 0.15) is 11.9 Å². The van der Waals surface area contributed by atoms with Gasteiger partial charge in [-0.1, -0.05) is 12.1 Å². The molecule has 1 unspecified atom stereocenters. The Labute approximate surface area is 126 Å². The van der Waals surface area contributed by atoms with Crippen LogP contribution in [0.25, 0.3) is 0 Å². The first-order valence-electron chi connectivity index (χ1n) is 7.45. The minimum absolute atomic E-state index is 0.0650. The van der Waals surface area contributed by atoms with Crippen LogP contribution in [0.4, 0.5) is 5.69 Å². The van der Waals surface area contributed by atoms with Crippen LogP contribution in [0.1, 0.15) is 13.8 Å². The van der Waals surface area contributed by atoms with Crippen molar-refractivity contribution >= 4 is 11.6 Å². The first-order chi connectivity index (χ1) is 10.2. The fourth-order valence-electron chi connectivity index (χ4n) is 2.52. The van der Waals surface area contributed by atoms with Crippen LogP contribution < -0.4 is 9.64 Å². The predicted octanol–water partition coefficient (Wildman–Crippen LogP) is 1.77. The molecule has 5 heteroatoms. The lowest BCUT2D eigenvalue weighted by atomic mass is 10.2. The molecule has 2 rings (SSSR count). The van der Waals surface area contributed by atoms with Crippen LogP contribution in [0.2, 0.25) is 0 Å². The highest BCUT2D eigenvalue weighted by molar-refractivity contribution is 5.80. The number of benzene rings is 1. The molecule has 0 bridgehead atoms. The van der Waals surface area contributed by atoms with Gasteiger partial charge < -0.3 is 19.3 Å². The topological polar surface area (TPSA) is 42.0 Å². The molecule has 1 aromatic carbocycles. The standard InChI is InChI=1S/C16H24N2O3/c1-4-21-15-8-6-5-7-14(15)17-9-11-18(12-10-17)16(19)13(2)20-3/h5-8,13H,4,9-12H2,1-3H3. The highest BCUT2D eigenvalue weighted by Crippen LogP contribution is 2.28. The maximum absolute atomic E-state index is 12.1. The average Bonchev–Trinajstić information content (AvgIpc) is 2.54. The molecular formula is C16H24N2O3. The van der Waals surface area contributed by atoms with Gasteiger partial charge in [0.15, 0.2) is 0 Å². The number of carbonyl (C=O) groups excluding carboxylic acids is 1. The van der Waals surface area contributed by atoms with Crippen LogP contribution in [0, 0.1) is 0 Å². The van der Waals surface area contributed by atoms with Crippen molar-refractivity contribution in [2.75, 3.05) is 44.8 Å². The van der Waals surface area contributed by atoms with Crippen molar-refractivity contribution in [1.82, 2.24) is 4.90 Å². The lowest BCUT2D eigenvalue weighted by molar-refractivity contribution is -0.141. The third kappa shape index (κ3) is 3.67. The zero-order chi connectivity index (χ0) is 15.2. The van der Waals surface area contributed by atoms with E-state index in [2.05, 4.69) is 11.0 Å². The van der Waals surface area contributed by atoms with Crippen molar-refractivity contribution in [2.45, 2.75) is 20.0 Å². The molecule has 1 aliphatic rings. The van der Waals surface area contributed by atoms with Crippen molar-refractivity contribution in [2.24, 2.45) is 0 Å².